The summed E-state index contributed by atoms with van der Waals surface area (Å²) in [5.41, 5.74) is 0. The van der Waals surface area contributed by atoms with Gasteiger partial charge in [0.2, 0.25) is 0 Å². The molecule has 0 fully saturated rings. The minimum absolute atomic E-state index is 0.358. The fourth-order valence-corrected chi connectivity index (χ4v) is 2.58. The molecule has 0 atom stereocenters. The van der Waals surface area contributed by atoms with Gasteiger partial charge in [-0.3, -0.25) is 4.79 Å². The van der Waals surface area contributed by atoms with Gasteiger partial charge >= 0.3 is 0 Å². The number of hydrogen-bond acceptors (Lipinski definition) is 2. The molecule has 3 heteroatoms. The summed E-state index contributed by atoms with van der Waals surface area (Å²) >= 11 is 5.02. The first-order chi connectivity index (χ1) is 6.22. The van der Waals surface area contributed by atoms with Gasteiger partial charge in [-0.05, 0) is 28.4 Å². The number of carbonyl (C=O) groups is 1. The normalized spacial score (nSPS) is 10.3. The minimum Gasteiger partial charge on any atom is -0.299 e. The first kappa shape index (κ1) is 10.9. The Morgan fingerprint density at radius 2 is 2.38 bits per heavy atom. The Hall–Kier alpha value is -0.150. The zero-order valence-corrected chi connectivity index (χ0v) is 10.1. The third kappa shape index (κ3) is 4.05. The van der Waals surface area contributed by atoms with Crippen LogP contribution in [0.3, 0.4) is 0 Å². The van der Waals surface area contributed by atoms with Crippen molar-refractivity contribution in [1.29, 1.82) is 0 Å². The summed E-state index contributed by atoms with van der Waals surface area (Å²) in [5.74, 6) is 0.358. The fraction of sp³-hybridized carbons (Fsp3) is 0.500. The lowest BCUT2D eigenvalue weighted by molar-refractivity contribution is -0.118. The highest BCUT2D eigenvalue weighted by Crippen LogP contribution is 2.20. The number of ketones is 1. The standard InChI is InChI=1S/C10H13BrOS/c1-2-3-4-9(12)6-10-5-8(11)7-13-10/h5,7H,2-4,6H2,1H3. The number of unbranched alkanes of at least 4 members (excludes halogenated alkanes) is 1. The van der Waals surface area contributed by atoms with Crippen LogP contribution in [-0.4, -0.2) is 5.78 Å². The lowest BCUT2D eigenvalue weighted by Gasteiger charge is -1.96. The molecule has 0 unspecified atom stereocenters. The van der Waals surface area contributed by atoms with Crippen molar-refractivity contribution in [2.75, 3.05) is 0 Å². The number of Topliss-reactive ketones (excluding diaryl/α,β-unsaturated/α-hetero) is 1. The summed E-state index contributed by atoms with van der Waals surface area (Å²) < 4.78 is 1.08. The number of rotatable bonds is 5. The van der Waals surface area contributed by atoms with Gasteiger partial charge in [0.05, 0.1) is 0 Å². The maximum Gasteiger partial charge on any atom is 0.138 e. The molecule has 1 aromatic rings. The molecule has 0 spiro atoms. The van der Waals surface area contributed by atoms with Crippen molar-refractivity contribution in [3.8, 4) is 0 Å². The van der Waals surface area contributed by atoms with Gasteiger partial charge in [-0.2, -0.15) is 0 Å². The molecular formula is C10H13BrOS. The van der Waals surface area contributed by atoms with Crippen LogP contribution >= 0.6 is 27.3 Å². The summed E-state index contributed by atoms with van der Waals surface area (Å²) in [6, 6.07) is 2.02. The minimum atomic E-state index is 0.358. The molecule has 0 aliphatic rings. The molecule has 1 heterocycles. The predicted octanol–water partition coefficient (Wildman–Crippen LogP) is 3.81. The van der Waals surface area contributed by atoms with E-state index in [9.17, 15) is 4.79 Å². The summed E-state index contributed by atoms with van der Waals surface area (Å²) in [4.78, 5) is 12.5. The highest BCUT2D eigenvalue weighted by atomic mass is 79.9. The molecule has 0 aromatic carbocycles. The van der Waals surface area contributed by atoms with Gasteiger partial charge in [-0.1, -0.05) is 13.3 Å². The molecule has 0 bridgehead atoms. The van der Waals surface area contributed by atoms with Crippen molar-refractivity contribution in [3.05, 3.63) is 20.8 Å². The van der Waals surface area contributed by atoms with Crippen molar-refractivity contribution >= 4 is 33.0 Å². The molecule has 0 aliphatic carbocycles. The zero-order valence-electron chi connectivity index (χ0n) is 7.68. The quantitative estimate of drug-likeness (QED) is 0.787. The molecule has 0 N–H and O–H groups in total. The van der Waals surface area contributed by atoms with E-state index in [0.29, 0.717) is 12.2 Å². The molecule has 0 saturated carbocycles. The van der Waals surface area contributed by atoms with Gasteiger partial charge in [0, 0.05) is 27.6 Å². The Morgan fingerprint density at radius 1 is 1.62 bits per heavy atom. The molecule has 1 rings (SSSR count). The Bertz CT molecular complexity index is 280. The third-order valence-electron chi connectivity index (χ3n) is 1.80. The van der Waals surface area contributed by atoms with Crippen molar-refractivity contribution in [2.24, 2.45) is 0 Å². The van der Waals surface area contributed by atoms with Crippen molar-refractivity contribution in [3.63, 3.8) is 0 Å². The van der Waals surface area contributed by atoms with E-state index in [1.165, 1.54) is 0 Å². The number of hydrogen-bond donors (Lipinski definition) is 0. The van der Waals surface area contributed by atoms with E-state index in [1.54, 1.807) is 11.3 Å². The molecule has 1 nitrogen and oxygen atoms in total. The first-order valence-corrected chi connectivity index (χ1v) is 6.14. The average Bonchev–Trinajstić information content (AvgIpc) is 2.48. The van der Waals surface area contributed by atoms with E-state index in [2.05, 4.69) is 22.9 Å². The van der Waals surface area contributed by atoms with E-state index in [-0.39, 0.29) is 0 Å². The molecule has 0 radical (unpaired) electrons. The van der Waals surface area contributed by atoms with Crippen LogP contribution in [0.4, 0.5) is 0 Å². The SMILES string of the molecule is CCCCC(=O)Cc1cc(Br)cs1. The van der Waals surface area contributed by atoms with Crippen LogP contribution in [0.15, 0.2) is 15.9 Å². The van der Waals surface area contributed by atoms with Gasteiger partial charge < -0.3 is 0 Å². The van der Waals surface area contributed by atoms with Gasteiger partial charge in [-0.25, -0.2) is 0 Å². The van der Waals surface area contributed by atoms with E-state index >= 15 is 0 Å². The summed E-state index contributed by atoms with van der Waals surface area (Å²) in [7, 11) is 0. The summed E-state index contributed by atoms with van der Waals surface area (Å²) in [5, 5.41) is 2.02. The van der Waals surface area contributed by atoms with Gasteiger partial charge in [0.25, 0.3) is 0 Å². The van der Waals surface area contributed by atoms with Crippen molar-refractivity contribution < 1.29 is 4.79 Å². The van der Waals surface area contributed by atoms with Gasteiger partial charge in [0.1, 0.15) is 5.78 Å². The molecule has 13 heavy (non-hydrogen) atoms. The highest BCUT2D eigenvalue weighted by Gasteiger charge is 2.04. The van der Waals surface area contributed by atoms with Crippen LogP contribution < -0.4 is 0 Å². The topological polar surface area (TPSA) is 17.1 Å². The molecule has 0 amide bonds. The Labute approximate surface area is 91.3 Å². The van der Waals surface area contributed by atoms with Crippen LogP contribution in [0.1, 0.15) is 31.1 Å². The largest absolute Gasteiger partial charge is 0.299 e. The maximum absolute atomic E-state index is 11.4. The summed E-state index contributed by atoms with van der Waals surface area (Å²) in [6.45, 7) is 2.11. The second kappa shape index (κ2) is 5.55. The van der Waals surface area contributed by atoms with E-state index in [1.807, 2.05) is 11.4 Å². The predicted molar refractivity (Wildman–Crippen MR) is 60.3 cm³/mol. The third-order valence-corrected chi connectivity index (χ3v) is 3.50. The molecule has 0 saturated heterocycles. The van der Waals surface area contributed by atoms with Gasteiger partial charge in [-0.15, -0.1) is 11.3 Å². The van der Waals surface area contributed by atoms with E-state index in [4.69, 9.17) is 0 Å². The first-order valence-electron chi connectivity index (χ1n) is 4.47. The monoisotopic (exact) mass is 260 g/mol. The number of thiophene rings is 1. The Kier molecular flexibility index (Phi) is 4.67. The maximum atomic E-state index is 11.4. The smallest absolute Gasteiger partial charge is 0.138 e. The Balaban J connectivity index is 2.36. The van der Waals surface area contributed by atoms with Crippen LogP contribution in [0.2, 0.25) is 0 Å². The second-order valence-electron chi connectivity index (χ2n) is 3.05. The molecule has 0 aliphatic heterocycles. The van der Waals surface area contributed by atoms with Crippen LogP contribution in [0, 0.1) is 0 Å². The Morgan fingerprint density at radius 3 is 2.92 bits per heavy atom. The van der Waals surface area contributed by atoms with E-state index in [0.717, 1.165) is 28.6 Å². The fourth-order valence-electron chi connectivity index (χ4n) is 1.10. The lowest BCUT2D eigenvalue weighted by Crippen LogP contribution is -2.00. The highest BCUT2D eigenvalue weighted by molar-refractivity contribution is 9.10. The molecular weight excluding hydrogens is 248 g/mol. The average molecular weight is 261 g/mol. The summed E-state index contributed by atoms with van der Waals surface area (Å²) in [6.07, 6.45) is 3.45. The lowest BCUT2D eigenvalue weighted by atomic mass is 10.1. The number of carbonyl (C=O) groups excluding carboxylic acids is 1. The second-order valence-corrected chi connectivity index (χ2v) is 4.96. The number of halogens is 1. The van der Waals surface area contributed by atoms with Crippen LogP contribution in [-0.2, 0) is 11.2 Å². The van der Waals surface area contributed by atoms with Crippen molar-refractivity contribution in [1.82, 2.24) is 0 Å². The molecule has 1 aromatic heterocycles. The zero-order chi connectivity index (χ0) is 9.68. The van der Waals surface area contributed by atoms with Crippen molar-refractivity contribution in [2.45, 2.75) is 32.6 Å². The van der Waals surface area contributed by atoms with E-state index < -0.39 is 0 Å². The molecule has 72 valence electrons. The van der Waals surface area contributed by atoms with Gasteiger partial charge in [0.15, 0.2) is 0 Å². The van der Waals surface area contributed by atoms with Crippen LogP contribution in [0.5, 0.6) is 0 Å². The van der Waals surface area contributed by atoms with Crippen LogP contribution in [0.25, 0.3) is 0 Å².